The summed E-state index contributed by atoms with van der Waals surface area (Å²) in [6.45, 7) is 4.23. The smallest absolute Gasteiger partial charge is 0.161 e. The van der Waals surface area contributed by atoms with E-state index < -0.39 is 0 Å². The van der Waals surface area contributed by atoms with Crippen molar-refractivity contribution in [2.75, 3.05) is 26.6 Å². The molecule has 0 aromatic heterocycles. The highest BCUT2D eigenvalue weighted by atomic mass is 33.5. The van der Waals surface area contributed by atoms with E-state index in [0.717, 1.165) is 22.6 Å². The van der Waals surface area contributed by atoms with Crippen molar-refractivity contribution in [3.63, 3.8) is 0 Å². The number of anilines is 1. The first kappa shape index (κ1) is 92.1. The lowest BCUT2D eigenvalue weighted by Gasteiger charge is -2.17. The maximum Gasteiger partial charge on any atom is 0.161 e. The molecular formula is C18H23NO3S61. The third kappa shape index (κ3) is 64.9. The summed E-state index contributed by atoms with van der Waals surface area (Å²) in [7, 11) is 111. The Morgan fingerprint density at radius 1 is 0.277 bits per heavy atom. The van der Waals surface area contributed by atoms with Crippen LogP contribution in [0.4, 0.5) is 5.69 Å². The fourth-order valence-electron chi connectivity index (χ4n) is 2.98. The summed E-state index contributed by atoms with van der Waals surface area (Å²) in [5.74, 6) is 2.24. The minimum atomic E-state index is 0.340. The monoisotopic (exact) mass is 2250 g/mol. The summed E-state index contributed by atoms with van der Waals surface area (Å²) >= 11 is 9.64. The summed E-state index contributed by atoms with van der Waals surface area (Å²) in [4.78, 5) is 0. The molecule has 65 heteroatoms. The molecule has 4 nitrogen and oxygen atoms in total. The van der Waals surface area contributed by atoms with Gasteiger partial charge in [-0.1, -0.05) is 6.07 Å². The Morgan fingerprint density at radius 3 is 0.699 bits per heavy atom. The highest BCUT2D eigenvalue weighted by Crippen LogP contribution is 2.37. The Hall–Kier alpha value is 11.1. The second-order valence-electron chi connectivity index (χ2n) is 9.29. The maximum atomic E-state index is 5.40. The SMILES string of the molecule is COc1ccc(NC(C)C)c(-c2ccc(OC)c(OC)c2)c1.S=S=S=S=S=S=S=S=S=S=S=S=S=S=S=S=S=S=S=S=S=S=S=S=S=S=S=S=S=S=S=S=S=S=S=S=S=S=S=S=S=S=S=S=S=S=S=S=S=S=S=S=S=S=S=S=S=S=S=S=S. The second-order valence-corrected chi connectivity index (χ2v) is 114. The van der Waals surface area contributed by atoms with Gasteiger partial charge in [-0.3, -0.25) is 0 Å². The first-order valence-electron chi connectivity index (χ1n) is 17.3. The van der Waals surface area contributed by atoms with Gasteiger partial charge < -0.3 is 19.5 Å². The van der Waals surface area contributed by atoms with Crippen molar-refractivity contribution in [2.45, 2.75) is 19.9 Å². The van der Waals surface area contributed by atoms with Crippen LogP contribution in [-0.4, -0.2) is 27.4 Å². The van der Waals surface area contributed by atoms with Gasteiger partial charge in [0.2, 0.25) is 0 Å². The number of nitrogens with one attached hydrogen (secondary N) is 1. The summed E-state index contributed by atoms with van der Waals surface area (Å²) in [5.41, 5.74) is 3.16. The van der Waals surface area contributed by atoms with E-state index in [4.69, 9.17) is 36.6 Å². The first-order chi connectivity index (χ1) is 41.0. The Balaban J connectivity index is 0.00000129. The normalized spacial score (nSPS) is 8.51. The molecule has 2 aromatic carbocycles. The molecule has 0 saturated heterocycles. The van der Waals surface area contributed by atoms with Crippen LogP contribution < -0.4 is 19.5 Å². The van der Waals surface area contributed by atoms with Gasteiger partial charge in [0, 0.05) is 564 Å². The highest BCUT2D eigenvalue weighted by molar-refractivity contribution is 8.83. The Bertz CT molecular complexity index is 5250. The van der Waals surface area contributed by atoms with E-state index in [2.05, 4.69) is 19.2 Å². The molecule has 1 N–H and O–H groups in total. The molecule has 83 heavy (non-hydrogen) atoms. The third-order valence-corrected chi connectivity index (χ3v) is 134. The van der Waals surface area contributed by atoms with Crippen LogP contribution in [0.25, 0.3) is 11.1 Å². The number of hydrogen-bond donors (Lipinski definition) is 1. The second kappa shape index (κ2) is 77.2. The Kier molecular flexibility index (Phi) is 85.7. The van der Waals surface area contributed by atoms with E-state index in [-0.39, 0.29) is 0 Å². The van der Waals surface area contributed by atoms with Crippen LogP contribution in [-0.2, 0) is 546 Å². The maximum absolute atomic E-state index is 5.40. The number of ether oxygens (including phenoxy) is 3. The van der Waals surface area contributed by atoms with Crippen LogP contribution in [0.2, 0.25) is 0 Å². The predicted molar refractivity (Wildman–Crippen MR) is 540 cm³/mol. The topological polar surface area (TPSA) is 39.7 Å². The lowest BCUT2D eigenvalue weighted by atomic mass is 10.0. The van der Waals surface area contributed by atoms with Gasteiger partial charge in [0.05, 0.1) is 21.3 Å². The lowest BCUT2D eigenvalue weighted by Crippen LogP contribution is -2.10. The van der Waals surface area contributed by atoms with Crippen LogP contribution in [0.5, 0.6) is 17.2 Å². The molecule has 0 aliphatic heterocycles. The molecule has 0 radical (unpaired) electrons. The van der Waals surface area contributed by atoms with E-state index in [1.54, 1.807) is 128 Å². The van der Waals surface area contributed by atoms with Crippen LogP contribution in [0, 0.1) is 0 Å². The van der Waals surface area contributed by atoms with Crippen LogP contribution in [0.1, 0.15) is 13.8 Å². The van der Waals surface area contributed by atoms with Crippen molar-refractivity contribution in [3.8, 4) is 28.4 Å². The molecule has 0 heterocycles. The zero-order valence-corrected chi connectivity index (χ0v) is 88.5. The average molecular weight is 2260 g/mol. The molecule has 0 saturated carbocycles. The van der Waals surface area contributed by atoms with E-state index in [0.29, 0.717) is 17.5 Å². The van der Waals surface area contributed by atoms with Gasteiger partial charge in [0.1, 0.15) is 5.75 Å². The molecule has 0 fully saturated rings. The molecule has 484 valence electrons. The van der Waals surface area contributed by atoms with Crippen molar-refractivity contribution in [3.05, 3.63) is 36.4 Å². The zero-order chi connectivity index (χ0) is 59.8. The molecule has 2 aromatic rings. The molecule has 0 atom stereocenters. The Labute approximate surface area is 659 Å². The fraction of sp³-hybridized carbons (Fsp3) is 0.333. The van der Waals surface area contributed by atoms with Gasteiger partial charge in [0.15, 0.2) is 11.5 Å². The molecule has 0 aliphatic carbocycles. The highest BCUT2D eigenvalue weighted by Gasteiger charge is 2.11. The summed E-state index contributed by atoms with van der Waals surface area (Å²) in [5, 5.41) is 3.46. The zero-order valence-electron chi connectivity index (χ0n) is 38.7. The average Bonchev–Trinajstić information content (AvgIpc) is 3.54. The molecular weight excluding hydrogens is 2230 g/mol. The number of benzene rings is 2. The minimum Gasteiger partial charge on any atom is -0.497 e. The van der Waals surface area contributed by atoms with Crippen molar-refractivity contribution < 1.29 is 14.2 Å². The largest absolute Gasteiger partial charge is 0.497 e. The number of rotatable bonds is 6. The van der Waals surface area contributed by atoms with Crippen molar-refractivity contribution in [1.29, 1.82) is 0 Å². The van der Waals surface area contributed by atoms with E-state index in [1.165, 1.54) is 17.8 Å². The van der Waals surface area contributed by atoms with Crippen molar-refractivity contribution in [1.82, 2.24) is 0 Å². The van der Waals surface area contributed by atoms with E-state index >= 15 is 0 Å². The Morgan fingerprint density at radius 2 is 0.506 bits per heavy atom. The molecule has 0 aliphatic rings. The number of hydrogen-bond acceptors (Lipinski definition) is 6. The summed E-state index contributed by atoms with van der Waals surface area (Å²) in [6, 6.07) is 12.2. The van der Waals surface area contributed by atoms with Crippen LogP contribution in [0.15, 0.2) is 36.4 Å². The standard InChI is InChI=1S/C18H23NO3.S61/c1-12(2)19-16-8-7-14(20-3)11-15(16)13-6-9-17(21-4)18(10-13)22-5;1-3-5-7-9-11-13-15-17-19-21-23-25-27-29-31-33-35-37-39-41-43-45-47-49-51-53-55-57-59-61-60-58-56-54-52-50-48-46-44-42-40-38-36-34-32-30-28-26-24-22-20-18-16-14-12-10-8-6-4-2/h6-12,19H,1-5H3;. The minimum absolute atomic E-state index is 0.340. The van der Waals surface area contributed by atoms with Crippen LogP contribution in [0.3, 0.4) is 0 Å². The number of methoxy groups -OCH3 is 3. The molecule has 2 rings (SSSR count). The van der Waals surface area contributed by atoms with Gasteiger partial charge in [0.25, 0.3) is 0 Å². The summed E-state index contributed by atoms with van der Waals surface area (Å²) < 4.78 is 16.1. The van der Waals surface area contributed by atoms with Gasteiger partial charge in [-0.15, -0.1) is 0 Å². The van der Waals surface area contributed by atoms with Gasteiger partial charge >= 0.3 is 0 Å². The van der Waals surface area contributed by atoms with E-state index in [9.17, 15) is 0 Å². The van der Waals surface area contributed by atoms with Gasteiger partial charge in [-0.2, -0.15) is 0 Å². The lowest BCUT2D eigenvalue weighted by molar-refractivity contribution is 0.355. The quantitative estimate of drug-likeness (QED) is 0.472. The van der Waals surface area contributed by atoms with Gasteiger partial charge in [-0.05, 0) is 49.7 Å². The molecule has 0 bridgehead atoms. The fourth-order valence-corrected chi connectivity index (χ4v) is 159. The van der Waals surface area contributed by atoms with Gasteiger partial charge in [-0.25, -0.2) is 0 Å². The molecule has 0 spiro atoms. The first-order valence-corrected chi connectivity index (χ1v) is 97.3. The van der Waals surface area contributed by atoms with Crippen molar-refractivity contribution in [2.24, 2.45) is 0 Å². The van der Waals surface area contributed by atoms with Crippen molar-refractivity contribution >= 4 is 552 Å². The molecule has 0 unspecified atom stereocenters. The molecule has 0 amide bonds. The summed E-state index contributed by atoms with van der Waals surface area (Å²) in [6.07, 6.45) is 0. The third-order valence-electron chi connectivity index (χ3n) is 4.98. The van der Waals surface area contributed by atoms with E-state index in [1.807, 2.05) is 436 Å². The van der Waals surface area contributed by atoms with Crippen LogP contribution >= 0.6 is 0 Å². The predicted octanol–water partition coefficient (Wildman–Crippen LogP) is 4.05.